The Balaban J connectivity index is 1.49. The zero-order chi connectivity index (χ0) is 24.8. The third-order valence-electron chi connectivity index (χ3n) is 7.17. The number of fused-ring (bicyclic) bond motifs is 3. The third kappa shape index (κ3) is 3.75. The highest BCUT2D eigenvalue weighted by atomic mass is 16.5. The lowest BCUT2D eigenvalue weighted by molar-refractivity contribution is -0.122. The second-order valence-corrected chi connectivity index (χ2v) is 9.46. The van der Waals surface area contributed by atoms with Crippen molar-refractivity contribution in [2.24, 2.45) is 5.92 Å². The summed E-state index contributed by atoms with van der Waals surface area (Å²) in [5, 5.41) is 7.51. The van der Waals surface area contributed by atoms with Crippen LogP contribution in [0.2, 0.25) is 0 Å². The van der Waals surface area contributed by atoms with Gasteiger partial charge in [0.2, 0.25) is 0 Å². The van der Waals surface area contributed by atoms with Gasteiger partial charge >= 0.3 is 0 Å². The summed E-state index contributed by atoms with van der Waals surface area (Å²) in [6, 6.07) is 20.6. The molecule has 0 saturated heterocycles. The lowest BCUT2D eigenvalue weighted by atomic mass is 9.76. The standard InChI is InChI=1S/C30H26N2O4/c1-17-7-12-27-21(13-17)30(34)22(16-36-27)29-28-25(31-23-5-3-4-6-24(23)32-29)14-19(15-26(28)33)18-8-10-20(35-2)11-9-18/h3-14,16,19,28-29,31-32H,15H2,1-2H3. The van der Waals surface area contributed by atoms with E-state index in [2.05, 4.69) is 16.7 Å². The Labute approximate surface area is 208 Å². The number of hydrogen-bond donors (Lipinski definition) is 2. The van der Waals surface area contributed by atoms with Gasteiger partial charge in [-0.3, -0.25) is 9.59 Å². The van der Waals surface area contributed by atoms with Crippen LogP contribution in [0.1, 0.15) is 35.1 Å². The van der Waals surface area contributed by atoms with Crippen molar-refractivity contribution in [1.29, 1.82) is 0 Å². The Bertz CT molecular complexity index is 1570. The first-order valence-corrected chi connectivity index (χ1v) is 12.0. The molecule has 6 heteroatoms. The number of methoxy groups -OCH3 is 1. The summed E-state index contributed by atoms with van der Waals surface area (Å²) in [5.74, 6) is 0.200. The molecule has 3 unspecified atom stereocenters. The molecule has 2 aliphatic rings. The molecule has 2 heterocycles. The number of Topliss-reactive ketones (excluding diaryl/α,β-unsaturated/α-hetero) is 1. The van der Waals surface area contributed by atoms with Crippen LogP contribution in [0.5, 0.6) is 5.75 Å². The molecule has 0 saturated carbocycles. The van der Waals surface area contributed by atoms with Crippen LogP contribution in [0.4, 0.5) is 11.4 Å². The lowest BCUT2D eigenvalue weighted by Gasteiger charge is -2.32. The van der Waals surface area contributed by atoms with E-state index < -0.39 is 12.0 Å². The van der Waals surface area contributed by atoms with Crippen molar-refractivity contribution in [2.45, 2.75) is 25.3 Å². The summed E-state index contributed by atoms with van der Waals surface area (Å²) in [6.07, 6.45) is 3.97. The molecule has 3 atom stereocenters. The Kier molecular flexibility index (Phi) is 5.37. The molecule has 180 valence electrons. The first-order chi connectivity index (χ1) is 17.5. The van der Waals surface area contributed by atoms with E-state index in [1.54, 1.807) is 7.11 Å². The monoisotopic (exact) mass is 478 g/mol. The van der Waals surface area contributed by atoms with Crippen molar-refractivity contribution in [1.82, 2.24) is 0 Å². The maximum absolute atomic E-state index is 13.8. The van der Waals surface area contributed by atoms with Gasteiger partial charge in [0.25, 0.3) is 0 Å². The smallest absolute Gasteiger partial charge is 0.197 e. The van der Waals surface area contributed by atoms with Crippen LogP contribution in [0, 0.1) is 12.8 Å². The number of nitrogens with one attached hydrogen (secondary N) is 2. The Morgan fingerprint density at radius 3 is 2.53 bits per heavy atom. The van der Waals surface area contributed by atoms with E-state index in [1.807, 2.05) is 73.7 Å². The molecule has 0 spiro atoms. The van der Waals surface area contributed by atoms with Crippen molar-refractivity contribution >= 4 is 28.1 Å². The van der Waals surface area contributed by atoms with Gasteiger partial charge < -0.3 is 19.8 Å². The number of allylic oxidation sites excluding steroid dienone is 1. The molecule has 1 aliphatic heterocycles. The van der Waals surface area contributed by atoms with Gasteiger partial charge in [0.1, 0.15) is 23.4 Å². The number of aryl methyl sites for hydroxylation is 1. The van der Waals surface area contributed by atoms with Gasteiger partial charge in [-0.05, 0) is 48.9 Å². The zero-order valence-electron chi connectivity index (χ0n) is 20.1. The summed E-state index contributed by atoms with van der Waals surface area (Å²) >= 11 is 0. The van der Waals surface area contributed by atoms with Gasteiger partial charge in [0.05, 0.1) is 41.4 Å². The minimum Gasteiger partial charge on any atom is -0.497 e. The maximum atomic E-state index is 13.8. The van der Waals surface area contributed by atoms with Gasteiger partial charge in [-0.25, -0.2) is 0 Å². The van der Waals surface area contributed by atoms with Crippen molar-refractivity contribution in [3.8, 4) is 5.75 Å². The van der Waals surface area contributed by atoms with E-state index in [0.717, 1.165) is 33.9 Å². The van der Waals surface area contributed by atoms with Crippen LogP contribution in [0.3, 0.4) is 0 Å². The predicted octanol–water partition coefficient (Wildman–Crippen LogP) is 5.95. The van der Waals surface area contributed by atoms with E-state index >= 15 is 0 Å². The van der Waals surface area contributed by atoms with Crippen LogP contribution in [-0.4, -0.2) is 12.9 Å². The molecule has 1 aromatic heterocycles. The number of benzene rings is 3. The van der Waals surface area contributed by atoms with Crippen molar-refractivity contribution in [3.05, 3.63) is 112 Å². The topological polar surface area (TPSA) is 80.6 Å². The van der Waals surface area contributed by atoms with Crippen LogP contribution < -0.4 is 20.8 Å². The van der Waals surface area contributed by atoms with E-state index in [-0.39, 0.29) is 17.1 Å². The van der Waals surface area contributed by atoms with E-state index in [0.29, 0.717) is 23.0 Å². The summed E-state index contributed by atoms with van der Waals surface area (Å²) in [6.45, 7) is 1.94. The summed E-state index contributed by atoms with van der Waals surface area (Å²) in [4.78, 5) is 27.4. The number of hydrogen-bond acceptors (Lipinski definition) is 6. The van der Waals surface area contributed by atoms with Gasteiger partial charge in [-0.1, -0.05) is 42.0 Å². The molecule has 0 bridgehead atoms. The first kappa shape index (κ1) is 22.2. The molecule has 6 rings (SSSR count). The molecule has 36 heavy (non-hydrogen) atoms. The molecule has 0 amide bonds. The quantitative estimate of drug-likeness (QED) is 0.379. The number of carbonyl (C=O) groups excluding carboxylic acids is 1. The Hall–Kier alpha value is -4.32. The number of carbonyl (C=O) groups is 1. The van der Waals surface area contributed by atoms with E-state index in [4.69, 9.17) is 9.15 Å². The molecular formula is C30H26N2O4. The highest BCUT2D eigenvalue weighted by molar-refractivity contribution is 5.91. The average Bonchev–Trinajstić information content (AvgIpc) is 3.06. The third-order valence-corrected chi connectivity index (χ3v) is 7.17. The summed E-state index contributed by atoms with van der Waals surface area (Å²) in [5.41, 5.74) is 5.35. The number of anilines is 2. The summed E-state index contributed by atoms with van der Waals surface area (Å²) in [7, 11) is 1.64. The first-order valence-electron chi connectivity index (χ1n) is 12.0. The highest BCUT2D eigenvalue weighted by Crippen LogP contribution is 2.44. The highest BCUT2D eigenvalue weighted by Gasteiger charge is 2.41. The minimum atomic E-state index is -0.571. The molecular weight excluding hydrogens is 452 g/mol. The van der Waals surface area contributed by atoms with Crippen molar-refractivity contribution < 1.29 is 13.9 Å². The predicted molar refractivity (Wildman–Crippen MR) is 141 cm³/mol. The molecule has 0 radical (unpaired) electrons. The molecule has 3 aromatic carbocycles. The number of rotatable bonds is 3. The van der Waals surface area contributed by atoms with Gasteiger partial charge in [-0.15, -0.1) is 0 Å². The Morgan fingerprint density at radius 2 is 1.75 bits per heavy atom. The van der Waals surface area contributed by atoms with Crippen molar-refractivity contribution in [2.75, 3.05) is 17.7 Å². The molecule has 1 aliphatic carbocycles. The fraction of sp³-hybridized carbons (Fsp3) is 0.200. The largest absolute Gasteiger partial charge is 0.497 e. The van der Waals surface area contributed by atoms with Crippen LogP contribution >= 0.6 is 0 Å². The normalized spacial score (nSPS) is 20.9. The van der Waals surface area contributed by atoms with E-state index in [1.165, 1.54) is 6.26 Å². The van der Waals surface area contributed by atoms with E-state index in [9.17, 15) is 9.59 Å². The molecule has 6 nitrogen and oxygen atoms in total. The second kappa shape index (κ2) is 8.72. The second-order valence-electron chi connectivity index (χ2n) is 9.46. The lowest BCUT2D eigenvalue weighted by Crippen LogP contribution is -2.35. The number of ketones is 1. The number of para-hydroxylation sites is 2. The van der Waals surface area contributed by atoms with Crippen LogP contribution in [0.25, 0.3) is 11.0 Å². The van der Waals surface area contributed by atoms with Gasteiger partial charge in [0.15, 0.2) is 5.43 Å². The molecule has 4 aromatic rings. The maximum Gasteiger partial charge on any atom is 0.197 e. The molecule has 0 fully saturated rings. The minimum absolute atomic E-state index is 0.0647. The number of ether oxygens (including phenoxy) is 1. The Morgan fingerprint density at radius 1 is 0.972 bits per heavy atom. The van der Waals surface area contributed by atoms with Crippen molar-refractivity contribution in [3.63, 3.8) is 0 Å². The average molecular weight is 479 g/mol. The fourth-order valence-corrected chi connectivity index (χ4v) is 5.30. The molecule has 2 N–H and O–H groups in total. The van der Waals surface area contributed by atoms with Crippen LogP contribution in [0.15, 0.2) is 94.0 Å². The SMILES string of the molecule is COc1ccc(C2C=C3Nc4ccccc4NC(c4coc5ccc(C)cc5c4=O)C3C(=O)C2)cc1. The zero-order valence-corrected chi connectivity index (χ0v) is 20.1. The van der Waals surface area contributed by atoms with Gasteiger partial charge in [-0.2, -0.15) is 0 Å². The summed E-state index contributed by atoms with van der Waals surface area (Å²) < 4.78 is 11.2. The van der Waals surface area contributed by atoms with Gasteiger partial charge in [0, 0.05) is 18.0 Å². The van der Waals surface area contributed by atoms with Crippen LogP contribution in [-0.2, 0) is 4.79 Å². The fourth-order valence-electron chi connectivity index (χ4n) is 5.30.